The smallest absolute Gasteiger partial charge is 0.238 e. The number of carbonyl (C=O) groups is 1. The van der Waals surface area contributed by atoms with E-state index in [-0.39, 0.29) is 5.91 Å². The molecule has 1 amide bonds. The van der Waals surface area contributed by atoms with Crippen LogP contribution in [0.3, 0.4) is 0 Å². The number of nitrogens with one attached hydrogen (secondary N) is 2. The average molecular weight is 289 g/mol. The van der Waals surface area contributed by atoms with Gasteiger partial charge in [-0.05, 0) is 57.5 Å². The Labute approximate surface area is 127 Å². The van der Waals surface area contributed by atoms with Gasteiger partial charge in [-0.15, -0.1) is 0 Å². The fraction of sp³-hybridized carbons (Fsp3) is 0.588. The third-order valence-corrected chi connectivity index (χ3v) is 4.20. The number of aryl methyl sites for hydroxylation is 2. The summed E-state index contributed by atoms with van der Waals surface area (Å²) in [7, 11) is 1.98. The second kappa shape index (κ2) is 7.57. The molecule has 4 nitrogen and oxygen atoms in total. The summed E-state index contributed by atoms with van der Waals surface area (Å²) in [4.78, 5) is 14.6. The molecule has 0 bridgehead atoms. The first-order chi connectivity index (χ1) is 10.1. The van der Waals surface area contributed by atoms with Crippen LogP contribution in [0.1, 0.15) is 30.4 Å². The standard InChI is InChI=1S/C17H27N3O/c1-13-7-8-14(2)16(10-13)19-17(21)12-20-9-5-4-6-15(20)11-18-3/h7-8,10,15,18H,4-6,9,11-12H2,1-3H3,(H,19,21). The van der Waals surface area contributed by atoms with Gasteiger partial charge in [-0.2, -0.15) is 0 Å². The predicted molar refractivity (Wildman–Crippen MR) is 87.7 cm³/mol. The molecule has 4 heteroatoms. The molecule has 1 saturated heterocycles. The highest BCUT2D eigenvalue weighted by Gasteiger charge is 2.23. The largest absolute Gasteiger partial charge is 0.325 e. The predicted octanol–water partition coefficient (Wildman–Crippen LogP) is 2.32. The fourth-order valence-corrected chi connectivity index (χ4v) is 2.98. The average Bonchev–Trinajstić information content (AvgIpc) is 2.45. The van der Waals surface area contributed by atoms with Gasteiger partial charge in [0.2, 0.25) is 5.91 Å². The van der Waals surface area contributed by atoms with E-state index in [9.17, 15) is 4.79 Å². The third kappa shape index (κ3) is 4.55. The first-order valence-corrected chi connectivity index (χ1v) is 7.86. The molecule has 0 radical (unpaired) electrons. The molecule has 116 valence electrons. The minimum absolute atomic E-state index is 0.0895. The molecular weight excluding hydrogens is 262 g/mol. The molecule has 0 saturated carbocycles. The van der Waals surface area contributed by atoms with Crippen molar-refractivity contribution >= 4 is 11.6 Å². The second-order valence-corrected chi connectivity index (χ2v) is 6.04. The minimum Gasteiger partial charge on any atom is -0.325 e. The SMILES string of the molecule is CNCC1CCCCN1CC(=O)Nc1cc(C)ccc1C. The summed E-state index contributed by atoms with van der Waals surface area (Å²) >= 11 is 0. The van der Waals surface area contributed by atoms with Gasteiger partial charge in [-0.3, -0.25) is 9.69 Å². The number of rotatable bonds is 5. The number of amides is 1. The van der Waals surface area contributed by atoms with Gasteiger partial charge in [0.05, 0.1) is 6.54 Å². The van der Waals surface area contributed by atoms with Crippen LogP contribution in [-0.4, -0.2) is 43.5 Å². The van der Waals surface area contributed by atoms with Crippen LogP contribution in [0.4, 0.5) is 5.69 Å². The van der Waals surface area contributed by atoms with Gasteiger partial charge in [-0.25, -0.2) is 0 Å². The minimum atomic E-state index is 0.0895. The molecule has 2 rings (SSSR count). The zero-order chi connectivity index (χ0) is 15.2. The lowest BCUT2D eigenvalue weighted by Gasteiger charge is -2.35. The van der Waals surface area contributed by atoms with Gasteiger partial charge < -0.3 is 10.6 Å². The molecule has 1 aliphatic rings. The van der Waals surface area contributed by atoms with Crippen LogP contribution in [0, 0.1) is 13.8 Å². The lowest BCUT2D eigenvalue weighted by atomic mass is 10.0. The van der Waals surface area contributed by atoms with Gasteiger partial charge >= 0.3 is 0 Å². The molecule has 0 spiro atoms. The highest BCUT2D eigenvalue weighted by Crippen LogP contribution is 2.18. The van der Waals surface area contributed by atoms with Crippen molar-refractivity contribution in [2.45, 2.75) is 39.2 Å². The summed E-state index contributed by atoms with van der Waals surface area (Å²) in [6.07, 6.45) is 3.63. The first-order valence-electron chi connectivity index (χ1n) is 7.86. The van der Waals surface area contributed by atoms with Crippen LogP contribution >= 0.6 is 0 Å². The lowest BCUT2D eigenvalue weighted by molar-refractivity contribution is -0.118. The van der Waals surface area contributed by atoms with Crippen molar-refractivity contribution in [2.24, 2.45) is 0 Å². The number of hydrogen-bond acceptors (Lipinski definition) is 3. The van der Waals surface area contributed by atoms with E-state index >= 15 is 0 Å². The third-order valence-electron chi connectivity index (χ3n) is 4.20. The van der Waals surface area contributed by atoms with Crippen molar-refractivity contribution in [1.29, 1.82) is 0 Å². The maximum absolute atomic E-state index is 12.3. The van der Waals surface area contributed by atoms with E-state index in [1.165, 1.54) is 24.8 Å². The lowest BCUT2D eigenvalue weighted by Crippen LogP contribution is -2.47. The number of benzene rings is 1. The number of hydrogen-bond donors (Lipinski definition) is 2. The van der Waals surface area contributed by atoms with E-state index in [4.69, 9.17) is 0 Å². The van der Waals surface area contributed by atoms with E-state index in [0.29, 0.717) is 12.6 Å². The molecule has 1 fully saturated rings. The van der Waals surface area contributed by atoms with E-state index in [1.807, 2.05) is 27.0 Å². The van der Waals surface area contributed by atoms with Crippen LogP contribution in [0.2, 0.25) is 0 Å². The number of nitrogens with zero attached hydrogens (tertiary/aromatic N) is 1. The van der Waals surface area contributed by atoms with Gasteiger partial charge in [-0.1, -0.05) is 18.6 Å². The topological polar surface area (TPSA) is 44.4 Å². The molecule has 1 aliphatic heterocycles. The van der Waals surface area contributed by atoms with Gasteiger partial charge in [0.25, 0.3) is 0 Å². The van der Waals surface area contributed by atoms with Crippen LogP contribution in [0.15, 0.2) is 18.2 Å². The van der Waals surface area contributed by atoms with Crippen molar-refractivity contribution < 1.29 is 4.79 Å². The highest BCUT2D eigenvalue weighted by atomic mass is 16.2. The molecule has 0 aromatic heterocycles. The molecule has 1 aromatic carbocycles. The molecule has 0 aliphatic carbocycles. The molecule has 1 aromatic rings. The Balaban J connectivity index is 1.95. The van der Waals surface area contributed by atoms with Crippen molar-refractivity contribution in [3.8, 4) is 0 Å². The Bertz CT molecular complexity index is 485. The zero-order valence-electron chi connectivity index (χ0n) is 13.4. The summed E-state index contributed by atoms with van der Waals surface area (Å²) in [5.74, 6) is 0.0895. The van der Waals surface area contributed by atoms with Crippen molar-refractivity contribution in [3.63, 3.8) is 0 Å². The summed E-state index contributed by atoms with van der Waals surface area (Å²) in [6.45, 7) is 6.53. The van der Waals surface area contributed by atoms with E-state index < -0.39 is 0 Å². The van der Waals surface area contributed by atoms with Crippen molar-refractivity contribution in [2.75, 3.05) is 32.0 Å². The molecule has 2 N–H and O–H groups in total. The maximum atomic E-state index is 12.3. The summed E-state index contributed by atoms with van der Waals surface area (Å²) in [5, 5.41) is 6.29. The number of likely N-dealkylation sites (N-methyl/N-ethyl adjacent to an activating group) is 1. The maximum Gasteiger partial charge on any atom is 0.238 e. The number of carbonyl (C=O) groups excluding carboxylic acids is 1. The summed E-state index contributed by atoms with van der Waals surface area (Å²) in [6, 6.07) is 6.64. The normalized spacial score (nSPS) is 19.5. The molecule has 1 heterocycles. The number of likely N-dealkylation sites (tertiary alicyclic amines) is 1. The second-order valence-electron chi connectivity index (χ2n) is 6.04. The van der Waals surface area contributed by atoms with Crippen LogP contribution in [0.5, 0.6) is 0 Å². The van der Waals surface area contributed by atoms with Gasteiger partial charge in [0, 0.05) is 18.3 Å². The number of piperidine rings is 1. The monoisotopic (exact) mass is 289 g/mol. The zero-order valence-corrected chi connectivity index (χ0v) is 13.4. The quantitative estimate of drug-likeness (QED) is 0.874. The van der Waals surface area contributed by atoms with E-state index in [2.05, 4.69) is 27.7 Å². The van der Waals surface area contributed by atoms with E-state index in [1.54, 1.807) is 0 Å². The fourth-order valence-electron chi connectivity index (χ4n) is 2.98. The van der Waals surface area contributed by atoms with Crippen LogP contribution in [-0.2, 0) is 4.79 Å². The van der Waals surface area contributed by atoms with Crippen molar-refractivity contribution in [1.82, 2.24) is 10.2 Å². The molecule has 1 atom stereocenters. The van der Waals surface area contributed by atoms with E-state index in [0.717, 1.165) is 24.3 Å². The molecular formula is C17H27N3O. The van der Waals surface area contributed by atoms with Gasteiger partial charge in [0.15, 0.2) is 0 Å². The Morgan fingerprint density at radius 3 is 2.90 bits per heavy atom. The molecule has 1 unspecified atom stereocenters. The Kier molecular flexibility index (Phi) is 5.76. The highest BCUT2D eigenvalue weighted by molar-refractivity contribution is 5.93. The summed E-state index contributed by atoms with van der Waals surface area (Å²) < 4.78 is 0. The molecule has 21 heavy (non-hydrogen) atoms. The Morgan fingerprint density at radius 2 is 2.14 bits per heavy atom. The van der Waals surface area contributed by atoms with Crippen LogP contribution in [0.25, 0.3) is 0 Å². The van der Waals surface area contributed by atoms with Crippen molar-refractivity contribution in [3.05, 3.63) is 29.3 Å². The Hall–Kier alpha value is -1.39. The summed E-state index contributed by atoms with van der Waals surface area (Å²) in [5.41, 5.74) is 3.21. The van der Waals surface area contributed by atoms with Crippen LogP contribution < -0.4 is 10.6 Å². The number of anilines is 1. The Morgan fingerprint density at radius 1 is 1.33 bits per heavy atom. The van der Waals surface area contributed by atoms with Gasteiger partial charge in [0.1, 0.15) is 0 Å². The first kappa shape index (κ1) is 16.0.